The molecule has 1 rings (SSSR count). The van der Waals surface area contributed by atoms with Crippen LogP contribution in [0.15, 0.2) is 23.1 Å². The second kappa shape index (κ2) is 7.54. The van der Waals surface area contributed by atoms with E-state index in [9.17, 15) is 4.79 Å². The maximum absolute atomic E-state index is 11.4. The summed E-state index contributed by atoms with van der Waals surface area (Å²) in [5, 5.41) is 5.69. The van der Waals surface area contributed by atoms with Gasteiger partial charge in [-0.05, 0) is 37.9 Å². The van der Waals surface area contributed by atoms with Crippen molar-refractivity contribution in [2.45, 2.75) is 11.8 Å². The summed E-state index contributed by atoms with van der Waals surface area (Å²) in [6.45, 7) is 2.32. The van der Waals surface area contributed by atoms with Gasteiger partial charge in [-0.3, -0.25) is 4.79 Å². The van der Waals surface area contributed by atoms with Gasteiger partial charge in [0, 0.05) is 10.6 Å². The summed E-state index contributed by atoms with van der Waals surface area (Å²) < 4.78 is 0. The predicted octanol–water partition coefficient (Wildman–Crippen LogP) is 2.30. The minimum absolute atomic E-state index is 0. The van der Waals surface area contributed by atoms with E-state index in [1.54, 1.807) is 18.8 Å². The fourth-order valence-corrected chi connectivity index (χ4v) is 1.66. The van der Waals surface area contributed by atoms with Gasteiger partial charge in [0.2, 0.25) is 5.91 Å². The Bertz CT molecular complexity index is 358. The fourth-order valence-electron chi connectivity index (χ4n) is 1.22. The molecule has 0 saturated heterocycles. The van der Waals surface area contributed by atoms with Crippen LogP contribution in [0.5, 0.6) is 0 Å². The number of hydrogen-bond donors (Lipinski definition) is 2. The minimum Gasteiger partial charge on any atom is -0.325 e. The Balaban J connectivity index is 0.00000225. The van der Waals surface area contributed by atoms with Gasteiger partial charge in [-0.15, -0.1) is 24.2 Å². The highest BCUT2D eigenvalue weighted by Crippen LogP contribution is 2.22. The number of thioether (sulfide) groups is 1. The number of carbonyl (C=O) groups is 1. The van der Waals surface area contributed by atoms with Gasteiger partial charge in [0.25, 0.3) is 0 Å². The van der Waals surface area contributed by atoms with Crippen molar-refractivity contribution in [1.29, 1.82) is 0 Å². The van der Waals surface area contributed by atoms with Gasteiger partial charge in [-0.25, -0.2) is 0 Å². The molecule has 2 N–H and O–H groups in total. The molecule has 0 bridgehead atoms. The van der Waals surface area contributed by atoms with Crippen molar-refractivity contribution in [3.63, 3.8) is 0 Å². The summed E-state index contributed by atoms with van der Waals surface area (Å²) in [5.74, 6) is -0.0150. The molecule has 90 valence electrons. The van der Waals surface area contributed by atoms with Crippen molar-refractivity contribution in [1.82, 2.24) is 5.32 Å². The summed E-state index contributed by atoms with van der Waals surface area (Å²) in [6.07, 6.45) is 2.02. The summed E-state index contributed by atoms with van der Waals surface area (Å²) in [7, 11) is 1.75. The quantitative estimate of drug-likeness (QED) is 0.817. The molecule has 3 nitrogen and oxygen atoms in total. The van der Waals surface area contributed by atoms with Crippen LogP contribution in [0, 0.1) is 6.92 Å². The zero-order valence-corrected chi connectivity index (χ0v) is 11.3. The van der Waals surface area contributed by atoms with Crippen molar-refractivity contribution in [3.8, 4) is 0 Å². The molecular weight excluding hydrogens is 244 g/mol. The molecule has 16 heavy (non-hydrogen) atoms. The van der Waals surface area contributed by atoms with Crippen molar-refractivity contribution in [2.75, 3.05) is 25.2 Å². The number of amides is 1. The Morgan fingerprint density at radius 2 is 2.12 bits per heavy atom. The summed E-state index contributed by atoms with van der Waals surface area (Å²) in [4.78, 5) is 12.5. The molecule has 0 aliphatic rings. The number of rotatable bonds is 4. The maximum Gasteiger partial charge on any atom is 0.238 e. The molecule has 0 radical (unpaired) electrons. The Morgan fingerprint density at radius 3 is 2.69 bits per heavy atom. The smallest absolute Gasteiger partial charge is 0.238 e. The zero-order valence-electron chi connectivity index (χ0n) is 9.66. The van der Waals surface area contributed by atoms with E-state index in [0.29, 0.717) is 6.54 Å². The van der Waals surface area contributed by atoms with E-state index in [1.165, 1.54) is 0 Å². The molecule has 0 aliphatic carbocycles. The van der Waals surface area contributed by atoms with E-state index in [2.05, 4.69) is 10.6 Å². The molecule has 0 aromatic heterocycles. The van der Waals surface area contributed by atoms with Crippen molar-refractivity contribution in [3.05, 3.63) is 23.8 Å². The highest BCUT2D eigenvalue weighted by molar-refractivity contribution is 7.98. The Hall–Kier alpha value is -0.710. The molecule has 0 spiro atoms. The minimum atomic E-state index is -0.0150. The largest absolute Gasteiger partial charge is 0.325 e. The molecule has 0 aliphatic heterocycles. The molecule has 1 aromatic carbocycles. The molecule has 1 amide bonds. The average molecular weight is 261 g/mol. The summed E-state index contributed by atoms with van der Waals surface area (Å²) in [6, 6.07) is 6.06. The van der Waals surface area contributed by atoms with Gasteiger partial charge in [-0.1, -0.05) is 6.07 Å². The van der Waals surface area contributed by atoms with E-state index in [4.69, 9.17) is 0 Å². The fraction of sp³-hybridized carbons (Fsp3) is 0.364. The highest BCUT2D eigenvalue weighted by Gasteiger charge is 2.04. The Morgan fingerprint density at radius 1 is 1.44 bits per heavy atom. The number of anilines is 1. The third kappa shape index (κ3) is 4.43. The standard InChI is InChI=1S/C11H16N2OS.ClH/c1-8-4-5-9(15-3)6-10(8)13-11(14)7-12-2;/h4-6,12H,7H2,1-3H3,(H,13,14);1H. The van der Waals surface area contributed by atoms with E-state index in [0.717, 1.165) is 16.1 Å². The SMILES string of the molecule is CNCC(=O)Nc1cc(SC)ccc1C.Cl. The normalized spacial score (nSPS) is 9.44. The van der Waals surface area contributed by atoms with Crippen LogP contribution >= 0.6 is 24.2 Å². The highest BCUT2D eigenvalue weighted by atomic mass is 35.5. The number of likely N-dealkylation sites (N-methyl/N-ethyl adjacent to an activating group) is 1. The van der Waals surface area contributed by atoms with Gasteiger partial charge < -0.3 is 10.6 Å². The molecule has 0 atom stereocenters. The van der Waals surface area contributed by atoms with Crippen molar-refractivity contribution < 1.29 is 4.79 Å². The third-order valence-corrected chi connectivity index (χ3v) is 2.78. The number of carbonyl (C=O) groups excluding carboxylic acids is 1. The molecular formula is C11H17ClN2OS. The average Bonchev–Trinajstić information content (AvgIpc) is 2.21. The van der Waals surface area contributed by atoms with Crippen LogP contribution in [-0.4, -0.2) is 25.8 Å². The first-order chi connectivity index (χ1) is 7.17. The van der Waals surface area contributed by atoms with Crippen LogP contribution in [0.25, 0.3) is 0 Å². The van der Waals surface area contributed by atoms with E-state index >= 15 is 0 Å². The summed E-state index contributed by atoms with van der Waals surface area (Å²) >= 11 is 1.67. The lowest BCUT2D eigenvalue weighted by atomic mass is 10.2. The zero-order chi connectivity index (χ0) is 11.3. The number of nitrogens with one attached hydrogen (secondary N) is 2. The van der Waals surface area contributed by atoms with Crippen molar-refractivity contribution >= 4 is 35.8 Å². The van der Waals surface area contributed by atoms with Crippen LogP contribution in [0.1, 0.15) is 5.56 Å². The first-order valence-corrected chi connectivity index (χ1v) is 5.99. The lowest BCUT2D eigenvalue weighted by molar-refractivity contribution is -0.115. The van der Waals surface area contributed by atoms with Crippen LogP contribution in [0.2, 0.25) is 0 Å². The second-order valence-corrected chi connectivity index (χ2v) is 4.14. The molecule has 0 unspecified atom stereocenters. The topological polar surface area (TPSA) is 41.1 Å². The van der Waals surface area contributed by atoms with E-state index in [-0.39, 0.29) is 18.3 Å². The molecule has 1 aromatic rings. The first-order valence-electron chi connectivity index (χ1n) is 4.76. The number of benzene rings is 1. The van der Waals surface area contributed by atoms with Crippen molar-refractivity contribution in [2.24, 2.45) is 0 Å². The van der Waals surface area contributed by atoms with Crippen LogP contribution in [-0.2, 0) is 4.79 Å². The van der Waals surface area contributed by atoms with Gasteiger partial charge >= 0.3 is 0 Å². The molecule has 0 saturated carbocycles. The summed E-state index contributed by atoms with van der Waals surface area (Å²) in [5.41, 5.74) is 1.97. The number of aryl methyl sites for hydroxylation is 1. The van der Waals surface area contributed by atoms with Gasteiger partial charge in [0.05, 0.1) is 6.54 Å². The Labute approximate surface area is 107 Å². The van der Waals surface area contributed by atoms with Crippen LogP contribution in [0.4, 0.5) is 5.69 Å². The Kier molecular flexibility index (Phi) is 7.21. The maximum atomic E-state index is 11.4. The van der Waals surface area contributed by atoms with Gasteiger partial charge in [0.1, 0.15) is 0 Å². The lowest BCUT2D eigenvalue weighted by Crippen LogP contribution is -2.25. The van der Waals surface area contributed by atoms with Gasteiger partial charge in [-0.2, -0.15) is 0 Å². The van der Waals surface area contributed by atoms with E-state index < -0.39 is 0 Å². The first kappa shape index (κ1) is 15.3. The van der Waals surface area contributed by atoms with Crippen LogP contribution < -0.4 is 10.6 Å². The second-order valence-electron chi connectivity index (χ2n) is 3.26. The predicted molar refractivity (Wildman–Crippen MR) is 72.8 cm³/mol. The lowest BCUT2D eigenvalue weighted by Gasteiger charge is -2.09. The monoisotopic (exact) mass is 260 g/mol. The number of hydrogen-bond acceptors (Lipinski definition) is 3. The van der Waals surface area contributed by atoms with Crippen LogP contribution in [0.3, 0.4) is 0 Å². The molecule has 0 heterocycles. The molecule has 5 heteroatoms. The van der Waals surface area contributed by atoms with E-state index in [1.807, 2.05) is 31.4 Å². The third-order valence-electron chi connectivity index (χ3n) is 2.06. The number of halogens is 1. The molecule has 0 fully saturated rings. The van der Waals surface area contributed by atoms with Gasteiger partial charge in [0.15, 0.2) is 0 Å².